The van der Waals surface area contributed by atoms with Crippen LogP contribution in [0.4, 0.5) is 0 Å². The average Bonchev–Trinajstić information content (AvgIpc) is 3.35. The van der Waals surface area contributed by atoms with Crippen LogP contribution in [0.15, 0.2) is 59.7 Å². The lowest BCUT2D eigenvalue weighted by atomic mass is 9.95. The third-order valence-electron chi connectivity index (χ3n) is 6.14. The number of ether oxygens (including phenoxy) is 1. The third-order valence-corrected chi connectivity index (χ3v) is 6.14. The molecule has 0 saturated carbocycles. The topological polar surface area (TPSA) is 82.2 Å². The van der Waals surface area contributed by atoms with E-state index in [-0.39, 0.29) is 11.5 Å². The summed E-state index contributed by atoms with van der Waals surface area (Å²) >= 11 is 0. The van der Waals surface area contributed by atoms with Gasteiger partial charge in [0.15, 0.2) is 11.9 Å². The molecule has 1 atom stereocenters. The second-order valence-corrected chi connectivity index (χ2v) is 8.18. The van der Waals surface area contributed by atoms with Crippen molar-refractivity contribution in [2.24, 2.45) is 5.92 Å². The fraction of sp³-hybridized carbons (Fsp3) is 0.391. The summed E-state index contributed by atoms with van der Waals surface area (Å²) in [6.07, 6.45) is 6.34. The Labute approximate surface area is 180 Å². The Kier molecular flexibility index (Phi) is 5.28. The Morgan fingerprint density at radius 1 is 1.06 bits per heavy atom. The number of fused-ring (bicyclic) bond motifs is 1. The van der Waals surface area contributed by atoms with Gasteiger partial charge in [0, 0.05) is 38.1 Å². The zero-order valence-electron chi connectivity index (χ0n) is 17.3. The van der Waals surface area contributed by atoms with Crippen LogP contribution in [-0.2, 0) is 17.8 Å². The van der Waals surface area contributed by atoms with E-state index in [0.29, 0.717) is 31.4 Å². The molecule has 8 heteroatoms. The molecular formula is C23H25N5O3. The lowest BCUT2D eigenvalue weighted by Crippen LogP contribution is -2.47. The smallest absolute Gasteiger partial charge is 0.266 e. The SMILES string of the molecule is O=C(C1CCc2ccccc2O1)N1CCC(Cn2nc(-n3cccn3)ccc2=O)CC1. The number of amides is 1. The average molecular weight is 419 g/mol. The summed E-state index contributed by atoms with van der Waals surface area (Å²) in [5.74, 6) is 1.82. The highest BCUT2D eigenvalue weighted by Gasteiger charge is 2.32. The normalized spacial score (nSPS) is 19.0. The summed E-state index contributed by atoms with van der Waals surface area (Å²) in [6, 6.07) is 12.9. The number of benzene rings is 1. The number of carbonyl (C=O) groups excluding carboxylic acids is 1. The molecular weight excluding hydrogens is 394 g/mol. The summed E-state index contributed by atoms with van der Waals surface area (Å²) in [5.41, 5.74) is 1.05. The zero-order valence-corrected chi connectivity index (χ0v) is 17.3. The van der Waals surface area contributed by atoms with E-state index in [0.717, 1.165) is 31.4 Å². The molecule has 0 bridgehead atoms. The van der Waals surface area contributed by atoms with Gasteiger partial charge in [-0.05, 0) is 55.4 Å². The van der Waals surface area contributed by atoms with Crippen LogP contribution in [-0.4, -0.2) is 49.6 Å². The first kappa shape index (κ1) is 19.5. The first-order valence-electron chi connectivity index (χ1n) is 10.8. The van der Waals surface area contributed by atoms with E-state index >= 15 is 0 Å². The molecule has 1 fully saturated rings. The number of carbonyl (C=O) groups is 1. The van der Waals surface area contributed by atoms with Gasteiger partial charge in [-0.15, -0.1) is 5.10 Å². The second kappa shape index (κ2) is 8.37. The van der Waals surface area contributed by atoms with Crippen molar-refractivity contribution in [3.8, 4) is 11.6 Å². The van der Waals surface area contributed by atoms with E-state index < -0.39 is 6.10 Å². The summed E-state index contributed by atoms with van der Waals surface area (Å²) in [7, 11) is 0. The molecule has 31 heavy (non-hydrogen) atoms. The number of hydrogen-bond donors (Lipinski definition) is 0. The van der Waals surface area contributed by atoms with Gasteiger partial charge in [0.05, 0.1) is 0 Å². The van der Waals surface area contributed by atoms with Gasteiger partial charge in [-0.25, -0.2) is 9.36 Å². The first-order chi connectivity index (χ1) is 15.2. The minimum atomic E-state index is -0.401. The Morgan fingerprint density at radius 3 is 2.71 bits per heavy atom. The molecule has 0 N–H and O–H groups in total. The Hall–Kier alpha value is -3.42. The fourth-order valence-corrected chi connectivity index (χ4v) is 4.38. The maximum atomic E-state index is 13.0. The van der Waals surface area contributed by atoms with E-state index in [2.05, 4.69) is 16.3 Å². The van der Waals surface area contributed by atoms with Crippen LogP contribution in [0.5, 0.6) is 5.75 Å². The molecule has 1 unspecified atom stereocenters. The Morgan fingerprint density at radius 2 is 1.90 bits per heavy atom. The van der Waals surface area contributed by atoms with Crippen LogP contribution in [0.2, 0.25) is 0 Å². The Bertz CT molecular complexity index is 1120. The highest BCUT2D eigenvalue weighted by molar-refractivity contribution is 5.81. The molecule has 1 aromatic carbocycles. The molecule has 5 rings (SSSR count). The van der Waals surface area contributed by atoms with Crippen LogP contribution >= 0.6 is 0 Å². The molecule has 1 saturated heterocycles. The van der Waals surface area contributed by atoms with Crippen LogP contribution in [0.25, 0.3) is 5.82 Å². The molecule has 3 aromatic rings. The minimum absolute atomic E-state index is 0.0731. The van der Waals surface area contributed by atoms with Crippen molar-refractivity contribution in [3.63, 3.8) is 0 Å². The molecule has 0 radical (unpaired) electrons. The standard InChI is InChI=1S/C23H25N5O3/c29-22-9-8-21(27-13-3-12-24-27)25-28(22)16-17-10-14-26(15-11-17)23(30)20-7-6-18-4-1-2-5-19(18)31-20/h1-5,8-9,12-13,17,20H,6-7,10-11,14-16H2. The molecule has 160 valence electrons. The number of piperidine rings is 1. The predicted molar refractivity (Wildman–Crippen MR) is 114 cm³/mol. The van der Waals surface area contributed by atoms with E-state index in [9.17, 15) is 9.59 Å². The molecule has 0 spiro atoms. The number of hydrogen-bond acceptors (Lipinski definition) is 5. The number of aromatic nitrogens is 4. The highest BCUT2D eigenvalue weighted by Crippen LogP contribution is 2.29. The molecule has 2 aromatic heterocycles. The molecule has 0 aliphatic carbocycles. The number of aryl methyl sites for hydroxylation is 1. The van der Waals surface area contributed by atoms with Gasteiger partial charge >= 0.3 is 0 Å². The van der Waals surface area contributed by atoms with Crippen LogP contribution in [0.3, 0.4) is 0 Å². The predicted octanol–water partition coefficient (Wildman–Crippen LogP) is 2.06. The molecule has 4 heterocycles. The van der Waals surface area contributed by atoms with E-state index in [4.69, 9.17) is 4.74 Å². The number of rotatable bonds is 4. The van der Waals surface area contributed by atoms with E-state index in [1.807, 2.05) is 29.2 Å². The van der Waals surface area contributed by atoms with E-state index in [1.54, 1.807) is 23.1 Å². The van der Waals surface area contributed by atoms with Crippen molar-refractivity contribution in [1.29, 1.82) is 0 Å². The van der Waals surface area contributed by atoms with Crippen LogP contribution < -0.4 is 10.3 Å². The van der Waals surface area contributed by atoms with Crippen LogP contribution in [0, 0.1) is 5.92 Å². The lowest BCUT2D eigenvalue weighted by molar-refractivity contribution is -0.141. The van der Waals surface area contributed by atoms with Crippen molar-refractivity contribution < 1.29 is 9.53 Å². The summed E-state index contributed by atoms with van der Waals surface area (Å²) in [4.78, 5) is 27.2. The van der Waals surface area contributed by atoms with Crippen molar-refractivity contribution in [2.75, 3.05) is 13.1 Å². The van der Waals surface area contributed by atoms with E-state index in [1.165, 1.54) is 16.3 Å². The molecule has 2 aliphatic rings. The minimum Gasteiger partial charge on any atom is -0.480 e. The van der Waals surface area contributed by atoms with Gasteiger partial charge in [-0.2, -0.15) is 5.10 Å². The zero-order chi connectivity index (χ0) is 21.2. The van der Waals surface area contributed by atoms with Gasteiger partial charge in [0.2, 0.25) is 0 Å². The highest BCUT2D eigenvalue weighted by atomic mass is 16.5. The number of likely N-dealkylation sites (tertiary alicyclic amines) is 1. The third kappa shape index (κ3) is 4.10. The fourth-order valence-electron chi connectivity index (χ4n) is 4.38. The van der Waals surface area contributed by atoms with Crippen molar-refractivity contribution >= 4 is 5.91 Å². The quantitative estimate of drug-likeness (QED) is 0.647. The van der Waals surface area contributed by atoms with Crippen LogP contribution in [0.1, 0.15) is 24.8 Å². The van der Waals surface area contributed by atoms with Gasteiger partial charge in [0.1, 0.15) is 5.75 Å². The molecule has 1 amide bonds. The number of para-hydroxylation sites is 1. The Balaban J connectivity index is 1.19. The van der Waals surface area contributed by atoms with Crippen molar-refractivity contribution in [2.45, 2.75) is 38.3 Å². The second-order valence-electron chi connectivity index (χ2n) is 8.18. The largest absolute Gasteiger partial charge is 0.480 e. The maximum Gasteiger partial charge on any atom is 0.266 e. The van der Waals surface area contributed by atoms with Crippen molar-refractivity contribution in [1.82, 2.24) is 24.5 Å². The van der Waals surface area contributed by atoms with Gasteiger partial charge < -0.3 is 9.64 Å². The van der Waals surface area contributed by atoms with Gasteiger partial charge in [0.25, 0.3) is 11.5 Å². The maximum absolute atomic E-state index is 13.0. The summed E-state index contributed by atoms with van der Waals surface area (Å²) in [5, 5.41) is 8.64. The van der Waals surface area contributed by atoms with Crippen molar-refractivity contribution in [3.05, 3.63) is 70.8 Å². The summed E-state index contributed by atoms with van der Waals surface area (Å²) < 4.78 is 9.13. The molecule has 8 nitrogen and oxygen atoms in total. The number of nitrogens with zero attached hydrogens (tertiary/aromatic N) is 5. The first-order valence-corrected chi connectivity index (χ1v) is 10.8. The summed E-state index contributed by atoms with van der Waals surface area (Å²) in [6.45, 7) is 1.90. The molecule has 2 aliphatic heterocycles. The lowest BCUT2D eigenvalue weighted by Gasteiger charge is -2.35. The monoisotopic (exact) mass is 419 g/mol. The van der Waals surface area contributed by atoms with Gasteiger partial charge in [-0.3, -0.25) is 9.59 Å². The van der Waals surface area contributed by atoms with Gasteiger partial charge in [-0.1, -0.05) is 18.2 Å².